The Hall–Kier alpha value is -1.78. The maximum atomic E-state index is 13.1. The number of unbranched alkanes of at least 4 members (excludes halogenated alkanes) is 16. The molecule has 0 aromatic rings. The second-order valence-electron chi connectivity index (χ2n) is 24.9. The Labute approximate surface area is 434 Å². The maximum Gasteiger partial charge on any atom is 0.306 e. The highest BCUT2D eigenvalue weighted by atomic mass is 31.2. The molecule has 12 heteroatoms. The monoisotopic (exact) mass is 1020 g/mol. The van der Waals surface area contributed by atoms with Crippen LogP contribution >= 0.6 is 7.82 Å². The highest BCUT2D eigenvalue weighted by Crippen LogP contribution is 2.67. The molecule has 412 valence electrons. The van der Waals surface area contributed by atoms with Crippen LogP contribution in [0.4, 0.5) is 0 Å². The van der Waals surface area contributed by atoms with Crippen LogP contribution in [0.5, 0.6) is 0 Å². The molecule has 4 aliphatic carbocycles. The number of carbonyl (C=O) groups is 3. The summed E-state index contributed by atoms with van der Waals surface area (Å²) >= 11 is 0. The highest BCUT2D eigenvalue weighted by Gasteiger charge is 2.59. The molecule has 4 rings (SSSR count). The van der Waals surface area contributed by atoms with E-state index in [1.165, 1.54) is 134 Å². The molecule has 0 spiro atoms. The Morgan fingerprint density at radius 2 is 1.31 bits per heavy atom. The molecule has 4 aliphatic rings. The molecule has 0 radical (unpaired) electrons. The van der Waals surface area contributed by atoms with Gasteiger partial charge >= 0.3 is 17.9 Å². The second kappa shape index (κ2) is 31.3. The Morgan fingerprint density at radius 1 is 0.704 bits per heavy atom. The number of esters is 3. The van der Waals surface area contributed by atoms with Gasteiger partial charge in [0, 0.05) is 12.8 Å². The van der Waals surface area contributed by atoms with Crippen LogP contribution in [-0.4, -0.2) is 82.1 Å². The number of quaternary nitrogens is 1. The van der Waals surface area contributed by atoms with E-state index in [4.69, 9.17) is 23.3 Å². The largest absolute Gasteiger partial charge is 0.756 e. The molecule has 71 heavy (non-hydrogen) atoms. The number of allylic oxidation sites excluding steroid dienone is 1. The number of phosphoric ester groups is 1. The zero-order chi connectivity index (χ0) is 51.9. The molecule has 0 aromatic heterocycles. The van der Waals surface area contributed by atoms with Crippen molar-refractivity contribution in [2.24, 2.45) is 46.3 Å². The van der Waals surface area contributed by atoms with Crippen molar-refractivity contribution in [3.8, 4) is 0 Å². The smallest absolute Gasteiger partial charge is 0.306 e. The average Bonchev–Trinajstić information content (AvgIpc) is 3.67. The van der Waals surface area contributed by atoms with Crippen molar-refractivity contribution in [2.45, 2.75) is 253 Å². The number of hydrogen-bond acceptors (Lipinski definition) is 10. The van der Waals surface area contributed by atoms with Crippen molar-refractivity contribution in [2.75, 3.05) is 47.5 Å². The molecule has 0 saturated heterocycles. The molecule has 0 N–H and O–H groups in total. The van der Waals surface area contributed by atoms with Gasteiger partial charge in [-0.2, -0.15) is 0 Å². The van der Waals surface area contributed by atoms with E-state index in [1.807, 2.05) is 21.1 Å². The summed E-state index contributed by atoms with van der Waals surface area (Å²) in [6, 6.07) is 0. The van der Waals surface area contributed by atoms with E-state index >= 15 is 0 Å². The van der Waals surface area contributed by atoms with Crippen LogP contribution in [0.3, 0.4) is 0 Å². The lowest BCUT2D eigenvalue weighted by Crippen LogP contribution is -2.51. The van der Waals surface area contributed by atoms with Crippen LogP contribution in [0.2, 0.25) is 0 Å². The third-order valence-corrected chi connectivity index (χ3v) is 18.7. The lowest BCUT2D eigenvalue weighted by Gasteiger charge is -2.58. The van der Waals surface area contributed by atoms with Crippen LogP contribution in [0, 0.1) is 46.3 Å². The molecule has 0 aromatic carbocycles. The molecule has 0 amide bonds. The topological polar surface area (TPSA) is 137 Å². The number of nitrogens with zero attached hydrogens (tertiary/aromatic N) is 1. The van der Waals surface area contributed by atoms with Gasteiger partial charge in [-0.3, -0.25) is 18.9 Å². The van der Waals surface area contributed by atoms with Crippen LogP contribution in [0.1, 0.15) is 241 Å². The van der Waals surface area contributed by atoms with Gasteiger partial charge in [-0.05, 0) is 97.7 Å². The number of hydrogen-bond donors (Lipinski definition) is 0. The summed E-state index contributed by atoms with van der Waals surface area (Å²) in [5.41, 5.74) is 2.04. The number of likely N-dealkylation sites (N-methyl/N-ethyl adjacent to an activating group) is 1. The van der Waals surface area contributed by atoms with Gasteiger partial charge < -0.3 is 32.6 Å². The minimum absolute atomic E-state index is 0.0728. The molecule has 0 heterocycles. The van der Waals surface area contributed by atoms with Crippen molar-refractivity contribution in [1.29, 1.82) is 0 Å². The highest BCUT2D eigenvalue weighted by molar-refractivity contribution is 7.45. The normalized spacial score (nSPS) is 26.9. The fourth-order valence-corrected chi connectivity index (χ4v) is 14.2. The summed E-state index contributed by atoms with van der Waals surface area (Å²) in [6.07, 6.45) is 35.2. The molecule has 11 nitrogen and oxygen atoms in total. The SMILES string of the molecule is CCCCCCCCCCCCCCCCCCCC(=O)OC(COC(=O)CCC(=O)OC1CC[C@]2(C)C(=CC[C@@H]3[C@H]4CC[C@@H]([C@@H](C)CCCC(C)C)[C@]4(C)CC[C@H]32)C1)COP(=O)([O-])OCC[N+](C)(C)C. The van der Waals surface area contributed by atoms with Gasteiger partial charge in [-0.25, -0.2) is 0 Å². The van der Waals surface area contributed by atoms with Gasteiger partial charge in [-0.15, -0.1) is 0 Å². The van der Waals surface area contributed by atoms with E-state index in [2.05, 4.69) is 47.6 Å². The lowest BCUT2D eigenvalue weighted by molar-refractivity contribution is -0.870. The van der Waals surface area contributed by atoms with Crippen molar-refractivity contribution >= 4 is 25.7 Å². The van der Waals surface area contributed by atoms with Gasteiger partial charge in [0.2, 0.25) is 0 Å². The Morgan fingerprint density at radius 3 is 1.92 bits per heavy atom. The Balaban J connectivity index is 1.16. The molecule has 3 saturated carbocycles. The van der Waals surface area contributed by atoms with Gasteiger partial charge in [0.1, 0.15) is 25.9 Å². The quantitative estimate of drug-likeness (QED) is 0.0148. The first kappa shape index (κ1) is 61.8. The third kappa shape index (κ3) is 21.8. The van der Waals surface area contributed by atoms with E-state index in [9.17, 15) is 23.8 Å². The van der Waals surface area contributed by atoms with Gasteiger partial charge in [0.25, 0.3) is 7.82 Å². The summed E-state index contributed by atoms with van der Waals surface area (Å²) < 4.78 is 40.3. The molecule has 3 unspecified atom stereocenters. The van der Waals surface area contributed by atoms with E-state index in [0.717, 1.165) is 74.5 Å². The average molecular weight is 1020 g/mol. The number of carbonyl (C=O) groups excluding carboxylic acids is 3. The molecular weight excluding hydrogens is 914 g/mol. The predicted octanol–water partition coefficient (Wildman–Crippen LogP) is 14.4. The summed E-state index contributed by atoms with van der Waals surface area (Å²) in [5.74, 6) is 3.01. The zero-order valence-electron chi connectivity index (χ0n) is 46.9. The fourth-order valence-electron chi connectivity index (χ4n) is 13.5. The summed E-state index contributed by atoms with van der Waals surface area (Å²) in [6.45, 7) is 14.0. The first-order valence-corrected chi connectivity index (χ1v) is 30.9. The van der Waals surface area contributed by atoms with Gasteiger partial charge in [-0.1, -0.05) is 175 Å². The zero-order valence-corrected chi connectivity index (χ0v) is 47.8. The number of phosphoric acid groups is 1. The van der Waals surface area contributed by atoms with Crippen molar-refractivity contribution in [1.82, 2.24) is 0 Å². The summed E-state index contributed by atoms with van der Waals surface area (Å²) in [4.78, 5) is 51.6. The van der Waals surface area contributed by atoms with Crippen molar-refractivity contribution < 1.29 is 51.6 Å². The third-order valence-electron chi connectivity index (χ3n) is 17.7. The maximum absolute atomic E-state index is 13.1. The van der Waals surface area contributed by atoms with Crippen LogP contribution in [-0.2, 0) is 42.2 Å². The van der Waals surface area contributed by atoms with Gasteiger partial charge in [0.05, 0.1) is 40.6 Å². The molecule has 0 bridgehead atoms. The Bertz CT molecular complexity index is 1650. The number of rotatable bonds is 37. The van der Waals surface area contributed by atoms with Crippen LogP contribution < -0.4 is 4.89 Å². The molecule has 0 aliphatic heterocycles. The van der Waals surface area contributed by atoms with Crippen molar-refractivity contribution in [3.05, 3.63) is 11.6 Å². The minimum atomic E-state index is -4.72. The fraction of sp³-hybridized carbons (Fsp3) is 0.915. The van der Waals surface area contributed by atoms with Crippen molar-refractivity contribution in [3.63, 3.8) is 0 Å². The lowest BCUT2D eigenvalue weighted by atomic mass is 9.47. The minimum Gasteiger partial charge on any atom is -0.756 e. The van der Waals surface area contributed by atoms with E-state index in [-0.39, 0.29) is 37.4 Å². The second-order valence-corrected chi connectivity index (χ2v) is 26.3. The predicted molar refractivity (Wildman–Crippen MR) is 284 cm³/mol. The molecular formula is C59H106NO10P. The van der Waals surface area contributed by atoms with E-state index in [0.29, 0.717) is 28.8 Å². The van der Waals surface area contributed by atoms with Crippen LogP contribution in [0.25, 0.3) is 0 Å². The number of fused-ring (bicyclic) bond motifs is 5. The first-order valence-electron chi connectivity index (χ1n) is 29.4. The van der Waals surface area contributed by atoms with Gasteiger partial charge in [0.15, 0.2) is 6.10 Å². The standard InChI is InChI=1S/C59H106NO10P/c1-10-11-12-13-14-15-16-17-18-19-20-21-22-23-24-25-26-30-56(62)70-50(45-68-71(64,65)67-42-41-60(7,8)9)44-66-55(61)35-36-57(63)69-49-37-39-58(5)48(43-49)31-32-51-53-34-33-52(47(4)29-27-28-46(2)3)59(53,6)40-38-54(51)58/h31,46-47,49-54H,10-30,32-45H2,1-9H3/t47-,49?,50?,51+,52-,53+,54+,58+,59-/m0/s1. The molecule has 10 atom stereocenters. The van der Waals surface area contributed by atoms with Crippen LogP contribution in [0.15, 0.2) is 11.6 Å². The summed E-state index contributed by atoms with van der Waals surface area (Å²) in [5, 5.41) is 0. The summed E-state index contributed by atoms with van der Waals surface area (Å²) in [7, 11) is 1.03. The van der Waals surface area contributed by atoms with E-state index in [1.54, 1.807) is 0 Å². The Kier molecular flexibility index (Phi) is 27.2. The number of ether oxygens (including phenoxy) is 3. The van der Waals surface area contributed by atoms with E-state index < -0.39 is 45.0 Å². The molecule has 3 fully saturated rings. The first-order chi connectivity index (χ1) is 33.8.